The van der Waals surface area contributed by atoms with Gasteiger partial charge < -0.3 is 9.30 Å². The van der Waals surface area contributed by atoms with Crippen LogP contribution in [0.4, 0.5) is 4.39 Å². The molecule has 1 aromatic heterocycles. The molecule has 3 nitrogen and oxygen atoms in total. The van der Waals surface area contributed by atoms with Crippen LogP contribution in [-0.4, -0.2) is 4.57 Å². The number of hydrogen-bond acceptors (Lipinski definition) is 2. The second-order valence-corrected chi connectivity index (χ2v) is 6.12. The maximum atomic E-state index is 13.3. The van der Waals surface area contributed by atoms with Crippen molar-refractivity contribution in [3.8, 4) is 5.75 Å². The van der Waals surface area contributed by atoms with E-state index < -0.39 is 0 Å². The van der Waals surface area contributed by atoms with Crippen LogP contribution >= 0.6 is 15.9 Å². The SMILES string of the molecule is O=c1c(Br)c(OCc2ccccc2)ccn1Cc1cccc(F)c1. The minimum absolute atomic E-state index is 0.218. The summed E-state index contributed by atoms with van der Waals surface area (Å²) in [5, 5.41) is 0. The molecule has 3 rings (SSSR count). The van der Waals surface area contributed by atoms with Gasteiger partial charge in [-0.25, -0.2) is 4.39 Å². The topological polar surface area (TPSA) is 31.2 Å². The van der Waals surface area contributed by atoms with E-state index in [2.05, 4.69) is 15.9 Å². The fourth-order valence-electron chi connectivity index (χ4n) is 2.33. The van der Waals surface area contributed by atoms with E-state index in [1.807, 2.05) is 30.3 Å². The highest BCUT2D eigenvalue weighted by Gasteiger charge is 2.09. The molecular formula is C19H15BrFNO2. The van der Waals surface area contributed by atoms with Gasteiger partial charge in [-0.1, -0.05) is 42.5 Å². The number of hydrogen-bond donors (Lipinski definition) is 0. The molecule has 122 valence electrons. The molecule has 24 heavy (non-hydrogen) atoms. The van der Waals surface area contributed by atoms with Gasteiger partial charge in [0.2, 0.25) is 0 Å². The Bertz CT molecular complexity index is 893. The number of rotatable bonds is 5. The van der Waals surface area contributed by atoms with E-state index in [1.165, 1.54) is 16.7 Å². The molecule has 0 aliphatic rings. The third kappa shape index (κ3) is 3.92. The molecule has 0 amide bonds. The van der Waals surface area contributed by atoms with Crippen LogP contribution < -0.4 is 10.3 Å². The largest absolute Gasteiger partial charge is 0.487 e. The Morgan fingerprint density at radius 2 is 1.75 bits per heavy atom. The molecule has 0 N–H and O–H groups in total. The lowest BCUT2D eigenvalue weighted by molar-refractivity contribution is 0.302. The molecular weight excluding hydrogens is 373 g/mol. The highest BCUT2D eigenvalue weighted by atomic mass is 79.9. The summed E-state index contributed by atoms with van der Waals surface area (Å²) in [7, 11) is 0. The van der Waals surface area contributed by atoms with Crippen molar-refractivity contribution in [2.24, 2.45) is 0 Å². The first kappa shape index (κ1) is 16.5. The third-order valence-electron chi connectivity index (χ3n) is 3.55. The van der Waals surface area contributed by atoms with Crippen LogP contribution in [0, 0.1) is 5.82 Å². The fraction of sp³-hybridized carbons (Fsp3) is 0.105. The zero-order valence-electron chi connectivity index (χ0n) is 12.8. The standard InChI is InChI=1S/C19H15BrFNO2/c20-18-17(24-13-14-5-2-1-3-6-14)9-10-22(19(18)23)12-15-7-4-8-16(21)11-15/h1-11H,12-13H2. The van der Waals surface area contributed by atoms with Crippen molar-refractivity contribution in [2.75, 3.05) is 0 Å². The molecule has 0 spiro atoms. The maximum Gasteiger partial charge on any atom is 0.268 e. The van der Waals surface area contributed by atoms with Crippen molar-refractivity contribution in [2.45, 2.75) is 13.2 Å². The molecule has 1 heterocycles. The van der Waals surface area contributed by atoms with Crippen LogP contribution in [-0.2, 0) is 13.2 Å². The zero-order chi connectivity index (χ0) is 16.9. The number of pyridine rings is 1. The monoisotopic (exact) mass is 387 g/mol. The fourth-order valence-corrected chi connectivity index (χ4v) is 2.81. The van der Waals surface area contributed by atoms with Gasteiger partial charge >= 0.3 is 0 Å². The van der Waals surface area contributed by atoms with Crippen LogP contribution in [0.5, 0.6) is 5.75 Å². The number of benzene rings is 2. The molecule has 0 radical (unpaired) electrons. The molecule has 0 fully saturated rings. The van der Waals surface area contributed by atoms with Crippen LogP contribution in [0.25, 0.3) is 0 Å². The Labute approximate surface area is 147 Å². The zero-order valence-corrected chi connectivity index (χ0v) is 14.4. The molecule has 2 aromatic carbocycles. The Hall–Kier alpha value is -2.40. The molecule has 0 saturated heterocycles. The summed E-state index contributed by atoms with van der Waals surface area (Å²) in [6.07, 6.45) is 1.65. The summed E-state index contributed by atoms with van der Waals surface area (Å²) in [5.41, 5.74) is 1.53. The number of nitrogens with zero attached hydrogens (tertiary/aromatic N) is 1. The van der Waals surface area contributed by atoms with Gasteiger partial charge in [-0.2, -0.15) is 0 Å². The van der Waals surface area contributed by atoms with Crippen molar-refractivity contribution in [1.29, 1.82) is 0 Å². The van der Waals surface area contributed by atoms with E-state index >= 15 is 0 Å². The minimum atomic E-state index is -0.317. The lowest BCUT2D eigenvalue weighted by atomic mass is 10.2. The van der Waals surface area contributed by atoms with Gasteiger partial charge in [-0.15, -0.1) is 0 Å². The highest BCUT2D eigenvalue weighted by molar-refractivity contribution is 9.10. The second kappa shape index (κ2) is 7.45. The second-order valence-electron chi connectivity index (χ2n) is 5.33. The Balaban J connectivity index is 1.77. The van der Waals surface area contributed by atoms with Gasteiger partial charge in [0.15, 0.2) is 0 Å². The molecule has 0 unspecified atom stereocenters. The van der Waals surface area contributed by atoms with Crippen molar-refractivity contribution in [3.05, 3.63) is 98.6 Å². The summed E-state index contributed by atoms with van der Waals surface area (Å²) >= 11 is 3.30. The quantitative estimate of drug-likeness (QED) is 0.650. The third-order valence-corrected chi connectivity index (χ3v) is 4.28. The predicted molar refractivity (Wildman–Crippen MR) is 94.7 cm³/mol. The van der Waals surface area contributed by atoms with E-state index in [1.54, 1.807) is 24.4 Å². The first-order valence-corrected chi connectivity index (χ1v) is 8.23. The van der Waals surface area contributed by atoms with Gasteiger partial charge in [0.25, 0.3) is 5.56 Å². The minimum Gasteiger partial charge on any atom is -0.487 e. The van der Waals surface area contributed by atoms with Crippen LogP contribution in [0.1, 0.15) is 11.1 Å². The predicted octanol–water partition coefficient (Wildman–Crippen LogP) is 4.38. The summed E-state index contributed by atoms with van der Waals surface area (Å²) in [6, 6.07) is 17.7. The highest BCUT2D eigenvalue weighted by Crippen LogP contribution is 2.21. The van der Waals surface area contributed by atoms with Gasteiger partial charge in [0.1, 0.15) is 22.6 Å². The summed E-state index contributed by atoms with van der Waals surface area (Å²) in [6.45, 7) is 0.681. The van der Waals surface area contributed by atoms with E-state index in [9.17, 15) is 9.18 Å². The average Bonchev–Trinajstić information content (AvgIpc) is 2.59. The summed E-state index contributed by atoms with van der Waals surface area (Å²) in [4.78, 5) is 12.4. The number of halogens is 2. The average molecular weight is 388 g/mol. The van der Waals surface area contributed by atoms with Crippen LogP contribution in [0.2, 0.25) is 0 Å². The summed E-state index contributed by atoms with van der Waals surface area (Å²) < 4.78 is 20.8. The van der Waals surface area contributed by atoms with Crippen molar-refractivity contribution < 1.29 is 9.13 Å². The first-order valence-electron chi connectivity index (χ1n) is 7.43. The molecule has 5 heteroatoms. The molecule has 0 aliphatic carbocycles. The molecule has 0 atom stereocenters. The number of aromatic nitrogens is 1. The van der Waals surface area contributed by atoms with Gasteiger partial charge in [0, 0.05) is 6.20 Å². The maximum absolute atomic E-state index is 13.3. The molecule has 0 aliphatic heterocycles. The van der Waals surface area contributed by atoms with Gasteiger partial charge in [-0.3, -0.25) is 4.79 Å². The lowest BCUT2D eigenvalue weighted by Gasteiger charge is -2.11. The summed E-state index contributed by atoms with van der Waals surface area (Å²) in [5.74, 6) is 0.168. The lowest BCUT2D eigenvalue weighted by Crippen LogP contribution is -2.21. The molecule has 0 saturated carbocycles. The van der Waals surface area contributed by atoms with Crippen molar-refractivity contribution in [1.82, 2.24) is 4.57 Å². The van der Waals surface area contributed by atoms with Gasteiger partial charge in [0.05, 0.1) is 6.54 Å². The van der Waals surface area contributed by atoms with Crippen LogP contribution in [0.3, 0.4) is 0 Å². The van der Waals surface area contributed by atoms with Crippen LogP contribution in [0.15, 0.2) is 76.1 Å². The molecule has 3 aromatic rings. The smallest absolute Gasteiger partial charge is 0.268 e. The van der Waals surface area contributed by atoms with E-state index in [4.69, 9.17) is 4.74 Å². The van der Waals surface area contributed by atoms with E-state index in [0.717, 1.165) is 11.1 Å². The van der Waals surface area contributed by atoms with E-state index in [0.29, 0.717) is 23.4 Å². The number of ether oxygens (including phenoxy) is 1. The molecule has 0 bridgehead atoms. The Morgan fingerprint density at radius 1 is 1.00 bits per heavy atom. The van der Waals surface area contributed by atoms with Crippen molar-refractivity contribution in [3.63, 3.8) is 0 Å². The Morgan fingerprint density at radius 3 is 2.50 bits per heavy atom. The first-order chi connectivity index (χ1) is 11.6. The Kier molecular flexibility index (Phi) is 5.11. The normalized spacial score (nSPS) is 10.6. The van der Waals surface area contributed by atoms with E-state index in [-0.39, 0.29) is 11.4 Å². The van der Waals surface area contributed by atoms with Gasteiger partial charge in [-0.05, 0) is 45.3 Å². The van der Waals surface area contributed by atoms with Crippen molar-refractivity contribution >= 4 is 15.9 Å².